The highest BCUT2D eigenvalue weighted by atomic mass is 16.4. The van der Waals surface area contributed by atoms with Crippen LogP contribution in [0.15, 0.2) is 42.5 Å². The molecular weight excluding hydrogens is 357 g/mol. The molecule has 1 saturated heterocycles. The molecule has 1 aliphatic rings. The molecule has 1 aliphatic heterocycles. The number of rotatable bonds is 5. The first kappa shape index (κ1) is 19.6. The Balaban J connectivity index is 1.73. The van der Waals surface area contributed by atoms with Crippen molar-refractivity contribution in [1.29, 1.82) is 5.26 Å². The SMILES string of the molecule is CN(c1cccc(C#N)c1)C1CCN(C(=O)c2ccc(B(O)O)c(C=O)c2)C1. The summed E-state index contributed by atoms with van der Waals surface area (Å²) in [6.45, 7) is 1.10. The van der Waals surface area contributed by atoms with Gasteiger partial charge in [0.2, 0.25) is 0 Å². The largest absolute Gasteiger partial charge is 0.489 e. The monoisotopic (exact) mass is 377 g/mol. The molecule has 7 nitrogen and oxygen atoms in total. The van der Waals surface area contributed by atoms with E-state index in [1.54, 1.807) is 11.0 Å². The Morgan fingerprint density at radius 3 is 2.79 bits per heavy atom. The van der Waals surface area contributed by atoms with Crippen LogP contribution in [0.5, 0.6) is 0 Å². The molecule has 1 fully saturated rings. The molecule has 2 aromatic rings. The maximum Gasteiger partial charge on any atom is 0.489 e. The Labute approximate surface area is 163 Å². The number of anilines is 1. The predicted octanol–water partition coefficient (Wildman–Crippen LogP) is 0.401. The van der Waals surface area contributed by atoms with E-state index < -0.39 is 7.12 Å². The Hall–Kier alpha value is -3.15. The molecule has 2 aromatic carbocycles. The second-order valence-electron chi connectivity index (χ2n) is 6.80. The van der Waals surface area contributed by atoms with Gasteiger partial charge in [0.1, 0.15) is 6.29 Å². The van der Waals surface area contributed by atoms with Crippen LogP contribution >= 0.6 is 0 Å². The Kier molecular flexibility index (Phi) is 5.78. The van der Waals surface area contributed by atoms with E-state index in [0.717, 1.165) is 12.1 Å². The van der Waals surface area contributed by atoms with Gasteiger partial charge in [-0.25, -0.2) is 0 Å². The Bertz CT molecular complexity index is 941. The molecule has 0 bridgehead atoms. The average molecular weight is 377 g/mol. The predicted molar refractivity (Wildman–Crippen MR) is 106 cm³/mol. The second kappa shape index (κ2) is 8.25. The van der Waals surface area contributed by atoms with Gasteiger partial charge in [-0.15, -0.1) is 0 Å². The third kappa shape index (κ3) is 3.91. The Morgan fingerprint density at radius 2 is 2.11 bits per heavy atom. The van der Waals surface area contributed by atoms with Crippen molar-refractivity contribution in [2.45, 2.75) is 12.5 Å². The highest BCUT2D eigenvalue weighted by molar-refractivity contribution is 6.60. The van der Waals surface area contributed by atoms with Gasteiger partial charge in [0, 0.05) is 43.0 Å². The van der Waals surface area contributed by atoms with E-state index in [1.165, 1.54) is 18.2 Å². The minimum atomic E-state index is -1.77. The molecule has 0 aliphatic carbocycles. The number of hydrogen-bond acceptors (Lipinski definition) is 6. The van der Waals surface area contributed by atoms with E-state index in [2.05, 4.69) is 11.0 Å². The number of carbonyl (C=O) groups is 2. The zero-order valence-corrected chi connectivity index (χ0v) is 15.4. The molecule has 1 amide bonds. The van der Waals surface area contributed by atoms with Gasteiger partial charge < -0.3 is 19.8 Å². The van der Waals surface area contributed by atoms with Crippen molar-refractivity contribution in [2.24, 2.45) is 0 Å². The average Bonchev–Trinajstić information content (AvgIpc) is 3.22. The summed E-state index contributed by atoms with van der Waals surface area (Å²) in [5, 5.41) is 27.7. The van der Waals surface area contributed by atoms with Crippen LogP contribution in [0.2, 0.25) is 0 Å². The highest BCUT2D eigenvalue weighted by Gasteiger charge is 2.30. The minimum absolute atomic E-state index is 0.0722. The van der Waals surface area contributed by atoms with E-state index in [1.807, 2.05) is 25.2 Å². The lowest BCUT2D eigenvalue weighted by molar-refractivity contribution is 0.0791. The number of aldehydes is 1. The standard InChI is InChI=1S/C20H20BN3O4/c1-23(17-4-2-3-14(9-17)11-22)18-7-8-24(12-18)20(26)15-5-6-19(21(27)28)16(10-15)13-25/h2-6,9-10,13,18,27-28H,7-8,12H2,1H3. The van der Waals surface area contributed by atoms with Crippen LogP contribution in [-0.4, -0.2) is 60.4 Å². The van der Waals surface area contributed by atoms with Crippen molar-refractivity contribution >= 4 is 30.5 Å². The summed E-state index contributed by atoms with van der Waals surface area (Å²) in [5.74, 6) is -0.205. The lowest BCUT2D eigenvalue weighted by Crippen LogP contribution is -2.37. The maximum atomic E-state index is 12.8. The molecule has 28 heavy (non-hydrogen) atoms. The summed E-state index contributed by atoms with van der Waals surface area (Å²) in [6, 6.07) is 13.8. The third-order valence-corrected chi connectivity index (χ3v) is 5.12. The summed E-state index contributed by atoms with van der Waals surface area (Å²) >= 11 is 0. The van der Waals surface area contributed by atoms with Crippen LogP contribution in [0.25, 0.3) is 0 Å². The molecule has 1 unspecified atom stereocenters. The molecule has 0 radical (unpaired) electrons. The molecule has 1 atom stereocenters. The zero-order valence-electron chi connectivity index (χ0n) is 15.4. The number of benzene rings is 2. The fourth-order valence-corrected chi connectivity index (χ4v) is 3.48. The van der Waals surface area contributed by atoms with E-state index in [4.69, 9.17) is 5.26 Å². The smallest absolute Gasteiger partial charge is 0.423 e. The van der Waals surface area contributed by atoms with Gasteiger partial charge >= 0.3 is 7.12 Å². The fraction of sp³-hybridized carbons (Fsp3) is 0.250. The normalized spacial score (nSPS) is 15.8. The van der Waals surface area contributed by atoms with Crippen LogP contribution < -0.4 is 10.4 Å². The first-order valence-electron chi connectivity index (χ1n) is 8.92. The number of hydrogen-bond donors (Lipinski definition) is 2. The molecule has 142 valence electrons. The summed E-state index contributed by atoms with van der Waals surface area (Å²) in [6.07, 6.45) is 1.29. The second-order valence-corrected chi connectivity index (χ2v) is 6.80. The number of carbonyl (C=O) groups excluding carboxylic acids is 2. The molecule has 3 rings (SSSR count). The lowest BCUT2D eigenvalue weighted by atomic mass is 9.77. The van der Waals surface area contributed by atoms with Crippen LogP contribution in [0, 0.1) is 11.3 Å². The van der Waals surface area contributed by atoms with Crippen LogP contribution in [0.3, 0.4) is 0 Å². The number of likely N-dealkylation sites (N-methyl/N-ethyl adjacent to an activating group) is 1. The highest BCUT2D eigenvalue weighted by Crippen LogP contribution is 2.23. The molecule has 0 aromatic heterocycles. The number of nitriles is 1. The van der Waals surface area contributed by atoms with Crippen molar-refractivity contribution in [3.8, 4) is 6.07 Å². The molecule has 0 saturated carbocycles. The maximum absolute atomic E-state index is 12.8. The fourth-order valence-electron chi connectivity index (χ4n) is 3.48. The first-order chi connectivity index (χ1) is 13.4. The molecule has 2 N–H and O–H groups in total. The van der Waals surface area contributed by atoms with Crippen molar-refractivity contribution in [3.63, 3.8) is 0 Å². The number of nitrogens with zero attached hydrogens (tertiary/aromatic N) is 3. The summed E-state index contributed by atoms with van der Waals surface area (Å²) in [7, 11) is 0.176. The van der Waals surface area contributed by atoms with Crippen LogP contribution in [0.4, 0.5) is 5.69 Å². The summed E-state index contributed by atoms with van der Waals surface area (Å²) in [4.78, 5) is 27.8. The third-order valence-electron chi connectivity index (χ3n) is 5.12. The van der Waals surface area contributed by atoms with Gasteiger partial charge in [0.05, 0.1) is 11.6 Å². The first-order valence-corrected chi connectivity index (χ1v) is 8.92. The van der Waals surface area contributed by atoms with E-state index in [-0.39, 0.29) is 23.0 Å². The van der Waals surface area contributed by atoms with Gasteiger partial charge in [0.25, 0.3) is 5.91 Å². The van der Waals surface area contributed by atoms with Gasteiger partial charge in [-0.1, -0.05) is 12.1 Å². The van der Waals surface area contributed by atoms with Crippen LogP contribution in [-0.2, 0) is 0 Å². The quantitative estimate of drug-likeness (QED) is 0.578. The Morgan fingerprint density at radius 1 is 1.32 bits per heavy atom. The summed E-state index contributed by atoms with van der Waals surface area (Å²) in [5.41, 5.74) is 2.00. The number of amides is 1. The summed E-state index contributed by atoms with van der Waals surface area (Å²) < 4.78 is 0. The van der Waals surface area contributed by atoms with Gasteiger partial charge in [-0.2, -0.15) is 5.26 Å². The van der Waals surface area contributed by atoms with E-state index in [9.17, 15) is 19.6 Å². The van der Waals surface area contributed by atoms with Gasteiger partial charge in [-0.05, 0) is 42.2 Å². The van der Waals surface area contributed by atoms with Crippen molar-refractivity contribution in [1.82, 2.24) is 4.90 Å². The molecule has 8 heteroatoms. The number of likely N-dealkylation sites (tertiary alicyclic amines) is 1. The minimum Gasteiger partial charge on any atom is -0.423 e. The zero-order chi connectivity index (χ0) is 20.3. The van der Waals surface area contributed by atoms with Crippen LogP contribution in [0.1, 0.15) is 32.7 Å². The lowest BCUT2D eigenvalue weighted by Gasteiger charge is -2.27. The van der Waals surface area contributed by atoms with Crippen molar-refractivity contribution < 1.29 is 19.6 Å². The topological polar surface area (TPSA) is 105 Å². The van der Waals surface area contributed by atoms with Gasteiger partial charge in [0.15, 0.2) is 0 Å². The van der Waals surface area contributed by atoms with Gasteiger partial charge in [-0.3, -0.25) is 9.59 Å². The molecular formula is C20H20BN3O4. The van der Waals surface area contributed by atoms with Crippen molar-refractivity contribution in [2.75, 3.05) is 25.0 Å². The van der Waals surface area contributed by atoms with E-state index in [0.29, 0.717) is 30.5 Å². The molecule has 1 heterocycles. The van der Waals surface area contributed by atoms with E-state index >= 15 is 0 Å². The molecule has 0 spiro atoms. The van der Waals surface area contributed by atoms with Crippen molar-refractivity contribution in [3.05, 3.63) is 59.2 Å².